The highest BCUT2D eigenvalue weighted by molar-refractivity contribution is 5.65. The SMILES string of the molecule is CC(=O)OC[C@H]1O[C@H](O[C@H]2O[C@H](COCc3ccccc3)[C@@H](OCc3ccccc3)[C@H](OCc3ccccc3)[C@H]2OCc2ccccc2)[C@H](OCc2ccccc2)[C@@H](OCc2ccccc2)[C@@H]1OCc1ccccc1. The highest BCUT2D eigenvalue weighted by Crippen LogP contribution is 2.37. The lowest BCUT2D eigenvalue weighted by atomic mass is 9.96. The Kier molecular flexibility index (Phi) is 20.3. The van der Waals surface area contributed by atoms with Crippen molar-refractivity contribution in [1.82, 2.24) is 0 Å². The van der Waals surface area contributed by atoms with Crippen molar-refractivity contribution >= 4 is 5.97 Å². The molecule has 0 unspecified atom stereocenters. The minimum Gasteiger partial charge on any atom is -0.463 e. The van der Waals surface area contributed by atoms with E-state index in [1.165, 1.54) is 6.92 Å². The molecule has 2 saturated heterocycles. The molecule has 9 rings (SSSR count). The first-order valence-corrected chi connectivity index (χ1v) is 25.7. The highest BCUT2D eigenvalue weighted by atomic mass is 16.8. The Hall–Kier alpha value is -6.39. The fourth-order valence-electron chi connectivity index (χ4n) is 9.18. The van der Waals surface area contributed by atoms with Gasteiger partial charge in [-0.25, -0.2) is 0 Å². The molecule has 2 aliphatic rings. The fraction of sp³-hybridized carbons (Fsp3) is 0.317. The summed E-state index contributed by atoms with van der Waals surface area (Å²) >= 11 is 0. The van der Waals surface area contributed by atoms with Crippen LogP contribution in [0.2, 0.25) is 0 Å². The molecule has 7 aromatic carbocycles. The van der Waals surface area contributed by atoms with Gasteiger partial charge in [0, 0.05) is 6.92 Å². The molecule has 0 bridgehead atoms. The Labute approximate surface area is 440 Å². The number of carbonyl (C=O) groups excluding carboxylic acids is 1. The lowest BCUT2D eigenvalue weighted by Crippen LogP contribution is -2.66. The molecule has 2 heterocycles. The predicted molar refractivity (Wildman–Crippen MR) is 281 cm³/mol. The van der Waals surface area contributed by atoms with Gasteiger partial charge in [0.2, 0.25) is 0 Å². The number of hydrogen-bond acceptors (Lipinski definition) is 12. The molecule has 0 spiro atoms. The molecule has 0 aliphatic carbocycles. The van der Waals surface area contributed by atoms with Crippen molar-refractivity contribution in [2.24, 2.45) is 0 Å². The van der Waals surface area contributed by atoms with Crippen molar-refractivity contribution in [3.63, 3.8) is 0 Å². The van der Waals surface area contributed by atoms with Gasteiger partial charge in [-0.2, -0.15) is 0 Å². The van der Waals surface area contributed by atoms with Crippen molar-refractivity contribution in [3.05, 3.63) is 251 Å². The lowest BCUT2D eigenvalue weighted by molar-refractivity contribution is -0.394. The molecule has 0 radical (unpaired) electrons. The maximum atomic E-state index is 12.6. The van der Waals surface area contributed by atoms with Gasteiger partial charge in [0.05, 0.1) is 52.9 Å². The van der Waals surface area contributed by atoms with Gasteiger partial charge in [-0.05, 0) is 38.9 Å². The molecule has 2 fully saturated rings. The molecule has 0 saturated carbocycles. The number of carbonyl (C=O) groups is 1. The standard InChI is InChI=1S/C63H66O12/c1-46(64)66-45-55-57(68-39-49-27-13-4-14-28-49)59(70-41-51-31-17-6-18-32-51)61(72-43-53-35-21-8-22-36-53)63(74-55)75-62-60(71-42-52-33-19-7-20-34-52)58(69-40-50-29-15-5-16-30-50)56(67-38-48-25-11-3-12-26-48)54(73-62)44-65-37-47-23-9-2-10-24-47/h2-36,54-63H,37-45H2,1H3/t54-,55-,56-,57-,58+,59+,60-,61-,62-,63-/m1/s1. The Balaban J connectivity index is 1.11. The summed E-state index contributed by atoms with van der Waals surface area (Å²) in [6, 6.07) is 69.5. The Bertz CT molecular complexity index is 2670. The van der Waals surface area contributed by atoms with Crippen LogP contribution in [-0.2, 0) is 103 Å². The Morgan fingerprint density at radius 3 is 0.880 bits per heavy atom. The summed E-state index contributed by atoms with van der Waals surface area (Å²) in [4.78, 5) is 12.6. The summed E-state index contributed by atoms with van der Waals surface area (Å²) in [6.45, 7) is 2.90. The second kappa shape index (κ2) is 28.5. The van der Waals surface area contributed by atoms with Gasteiger partial charge in [0.15, 0.2) is 12.6 Å². The number of benzene rings is 7. The molecular weight excluding hydrogens is 949 g/mol. The van der Waals surface area contributed by atoms with Crippen molar-refractivity contribution in [3.8, 4) is 0 Å². The van der Waals surface area contributed by atoms with E-state index in [1.54, 1.807) is 0 Å². The molecule has 390 valence electrons. The van der Waals surface area contributed by atoms with E-state index >= 15 is 0 Å². The number of ether oxygens (including phenoxy) is 11. The van der Waals surface area contributed by atoms with E-state index < -0.39 is 67.4 Å². The third kappa shape index (κ3) is 16.1. The van der Waals surface area contributed by atoms with Crippen LogP contribution in [0, 0.1) is 0 Å². The van der Waals surface area contributed by atoms with E-state index in [9.17, 15) is 4.79 Å². The molecule has 12 nitrogen and oxygen atoms in total. The minimum atomic E-state index is -1.22. The van der Waals surface area contributed by atoms with Crippen molar-refractivity contribution < 1.29 is 56.9 Å². The zero-order chi connectivity index (χ0) is 51.3. The molecular formula is C63H66O12. The summed E-state index contributed by atoms with van der Waals surface area (Å²) < 4.78 is 75.6. The van der Waals surface area contributed by atoms with Crippen LogP contribution < -0.4 is 0 Å². The maximum absolute atomic E-state index is 12.6. The van der Waals surface area contributed by atoms with Crippen LogP contribution >= 0.6 is 0 Å². The van der Waals surface area contributed by atoms with Crippen LogP contribution in [0.5, 0.6) is 0 Å². The molecule has 0 amide bonds. The zero-order valence-corrected chi connectivity index (χ0v) is 42.2. The van der Waals surface area contributed by atoms with E-state index in [0.717, 1.165) is 38.9 Å². The molecule has 75 heavy (non-hydrogen) atoms. The summed E-state index contributed by atoms with van der Waals surface area (Å²) in [7, 11) is 0. The lowest BCUT2D eigenvalue weighted by Gasteiger charge is -2.49. The van der Waals surface area contributed by atoms with Crippen LogP contribution in [0.4, 0.5) is 0 Å². The topological polar surface area (TPSA) is 119 Å². The fourth-order valence-corrected chi connectivity index (χ4v) is 9.18. The molecule has 12 heteroatoms. The number of rotatable bonds is 26. The summed E-state index contributed by atoms with van der Waals surface area (Å²) in [5, 5.41) is 0. The smallest absolute Gasteiger partial charge is 0.302 e. The van der Waals surface area contributed by atoms with Crippen molar-refractivity contribution in [2.45, 2.75) is 115 Å². The van der Waals surface area contributed by atoms with Gasteiger partial charge in [0.1, 0.15) is 55.4 Å². The normalized spacial score (nSPS) is 23.6. The van der Waals surface area contributed by atoms with Gasteiger partial charge in [0.25, 0.3) is 0 Å². The average Bonchev–Trinajstić information content (AvgIpc) is 3.46. The highest BCUT2D eigenvalue weighted by Gasteiger charge is 2.54. The van der Waals surface area contributed by atoms with Crippen molar-refractivity contribution in [1.29, 1.82) is 0 Å². The van der Waals surface area contributed by atoms with Crippen LogP contribution in [-0.4, -0.2) is 80.6 Å². The van der Waals surface area contributed by atoms with Crippen LogP contribution in [0.1, 0.15) is 45.9 Å². The van der Waals surface area contributed by atoms with Crippen LogP contribution in [0.3, 0.4) is 0 Å². The van der Waals surface area contributed by atoms with E-state index in [0.29, 0.717) is 6.61 Å². The zero-order valence-electron chi connectivity index (χ0n) is 42.2. The molecule has 0 N–H and O–H groups in total. The van der Waals surface area contributed by atoms with Gasteiger partial charge < -0.3 is 52.1 Å². The third-order valence-electron chi connectivity index (χ3n) is 13.0. The minimum absolute atomic E-state index is 0.109. The van der Waals surface area contributed by atoms with Crippen LogP contribution in [0.15, 0.2) is 212 Å². The number of hydrogen-bond donors (Lipinski definition) is 0. The summed E-state index contributed by atoms with van der Waals surface area (Å²) in [6.07, 6.45) is -9.12. The van der Waals surface area contributed by atoms with Gasteiger partial charge in [-0.3, -0.25) is 4.79 Å². The first kappa shape index (κ1) is 53.4. The maximum Gasteiger partial charge on any atom is 0.302 e. The third-order valence-corrected chi connectivity index (χ3v) is 13.0. The predicted octanol–water partition coefficient (Wildman–Crippen LogP) is 10.7. The summed E-state index contributed by atoms with van der Waals surface area (Å²) in [5.74, 6) is -0.481. The average molecular weight is 1020 g/mol. The summed E-state index contributed by atoms with van der Waals surface area (Å²) in [5.41, 5.74) is 6.66. The van der Waals surface area contributed by atoms with E-state index in [4.69, 9.17) is 52.1 Å². The first-order chi connectivity index (χ1) is 37.0. The second-order valence-corrected chi connectivity index (χ2v) is 18.6. The second-order valence-electron chi connectivity index (χ2n) is 18.6. The van der Waals surface area contributed by atoms with E-state index in [-0.39, 0.29) is 52.9 Å². The molecule has 10 atom stereocenters. The molecule has 2 aliphatic heterocycles. The van der Waals surface area contributed by atoms with E-state index in [1.807, 2.05) is 212 Å². The van der Waals surface area contributed by atoms with Crippen molar-refractivity contribution in [2.75, 3.05) is 13.2 Å². The number of esters is 1. The van der Waals surface area contributed by atoms with E-state index in [2.05, 4.69) is 0 Å². The first-order valence-electron chi connectivity index (χ1n) is 25.7. The molecule has 7 aromatic rings. The van der Waals surface area contributed by atoms with Gasteiger partial charge in [-0.15, -0.1) is 0 Å². The van der Waals surface area contributed by atoms with Crippen LogP contribution in [0.25, 0.3) is 0 Å². The largest absolute Gasteiger partial charge is 0.463 e. The quantitative estimate of drug-likeness (QED) is 0.0481. The Morgan fingerprint density at radius 2 is 0.587 bits per heavy atom. The Morgan fingerprint density at radius 1 is 0.333 bits per heavy atom. The molecule has 0 aromatic heterocycles. The monoisotopic (exact) mass is 1010 g/mol. The van der Waals surface area contributed by atoms with Gasteiger partial charge >= 0.3 is 5.97 Å². The van der Waals surface area contributed by atoms with Gasteiger partial charge in [-0.1, -0.05) is 212 Å².